The summed E-state index contributed by atoms with van der Waals surface area (Å²) in [7, 11) is 0. The van der Waals surface area contributed by atoms with Gasteiger partial charge in [0.15, 0.2) is 10.4 Å². The molecule has 0 aliphatic rings. The Balaban J connectivity index is 1.91. The monoisotopic (exact) mass is 265 g/mol. The third kappa shape index (κ3) is 3.17. The average Bonchev–Trinajstić information content (AvgIpc) is 2.70. The first-order valence-corrected chi connectivity index (χ1v) is 6.85. The third-order valence-electron chi connectivity index (χ3n) is 2.84. The number of H-pyrrole nitrogens is 1. The number of unbranched alkanes of at least 4 members (excludes halogenated alkanes) is 1. The van der Waals surface area contributed by atoms with E-state index in [1.54, 1.807) is 6.20 Å². The molecule has 98 valence electrons. The molecule has 0 atom stereocenters. The number of ether oxygens (including phenoxy) is 1. The van der Waals surface area contributed by atoms with Gasteiger partial charge >= 0.3 is 0 Å². The van der Waals surface area contributed by atoms with Crippen LogP contribution >= 0.6 is 12.2 Å². The van der Waals surface area contributed by atoms with E-state index >= 15 is 0 Å². The zero-order chi connectivity index (χ0) is 12.8. The fourth-order valence-electron chi connectivity index (χ4n) is 1.87. The minimum Gasteiger partial charge on any atom is -0.381 e. The summed E-state index contributed by atoms with van der Waals surface area (Å²) in [6.07, 6.45) is 5.06. The van der Waals surface area contributed by atoms with E-state index in [1.165, 1.54) is 6.42 Å². The van der Waals surface area contributed by atoms with Crippen molar-refractivity contribution < 1.29 is 4.74 Å². The van der Waals surface area contributed by atoms with E-state index in [1.807, 2.05) is 16.7 Å². The maximum atomic E-state index is 5.55. The van der Waals surface area contributed by atoms with Crippen molar-refractivity contribution in [3.8, 4) is 0 Å². The van der Waals surface area contributed by atoms with Crippen LogP contribution in [0.2, 0.25) is 0 Å². The lowest BCUT2D eigenvalue weighted by atomic mass is 10.3. The Bertz CT molecular complexity index is 546. The molecule has 0 saturated carbocycles. The first-order chi connectivity index (χ1) is 8.83. The van der Waals surface area contributed by atoms with Crippen LogP contribution in [-0.2, 0) is 11.3 Å². The molecule has 0 aromatic carbocycles. The van der Waals surface area contributed by atoms with Gasteiger partial charge in [0.25, 0.3) is 0 Å². The lowest BCUT2D eigenvalue weighted by Gasteiger charge is -2.05. The van der Waals surface area contributed by atoms with E-state index in [0.29, 0.717) is 0 Å². The quantitative estimate of drug-likeness (QED) is 0.617. The standard InChI is InChI=1S/C13H19N3OS/c1-2-3-9-17-10-5-8-16-12-11(15-13(16)18)6-4-7-14-12/h4,6-7H,2-3,5,8-10H2,1H3,(H,15,18). The Labute approximate surface area is 112 Å². The molecule has 2 aromatic rings. The zero-order valence-electron chi connectivity index (χ0n) is 10.7. The van der Waals surface area contributed by atoms with Crippen molar-refractivity contribution in [2.24, 2.45) is 0 Å². The van der Waals surface area contributed by atoms with E-state index < -0.39 is 0 Å². The maximum absolute atomic E-state index is 5.55. The number of imidazole rings is 1. The van der Waals surface area contributed by atoms with Crippen molar-refractivity contribution in [1.29, 1.82) is 0 Å². The van der Waals surface area contributed by atoms with Crippen molar-refractivity contribution in [3.63, 3.8) is 0 Å². The Morgan fingerprint density at radius 2 is 2.22 bits per heavy atom. The van der Waals surface area contributed by atoms with E-state index in [-0.39, 0.29) is 0 Å². The van der Waals surface area contributed by atoms with Gasteiger partial charge < -0.3 is 14.3 Å². The number of fused-ring (bicyclic) bond motifs is 1. The number of aromatic nitrogens is 3. The summed E-state index contributed by atoms with van der Waals surface area (Å²) < 4.78 is 8.32. The number of nitrogens with one attached hydrogen (secondary N) is 1. The van der Waals surface area contributed by atoms with Crippen molar-refractivity contribution >= 4 is 23.4 Å². The second kappa shape index (κ2) is 6.66. The Hall–Kier alpha value is -1.20. The van der Waals surface area contributed by atoms with Crippen LogP contribution in [0.3, 0.4) is 0 Å². The van der Waals surface area contributed by atoms with Crippen LogP contribution in [-0.4, -0.2) is 27.7 Å². The number of hydrogen-bond donors (Lipinski definition) is 1. The molecule has 2 aromatic heterocycles. The maximum Gasteiger partial charge on any atom is 0.179 e. The van der Waals surface area contributed by atoms with Crippen molar-refractivity contribution in [2.75, 3.05) is 13.2 Å². The molecule has 1 N–H and O–H groups in total. The van der Waals surface area contributed by atoms with Crippen LogP contribution in [0.15, 0.2) is 18.3 Å². The Kier molecular flexibility index (Phi) is 4.90. The summed E-state index contributed by atoms with van der Waals surface area (Å²) in [5.41, 5.74) is 1.92. The molecule has 0 amide bonds. The lowest BCUT2D eigenvalue weighted by Crippen LogP contribution is -2.04. The highest BCUT2D eigenvalue weighted by molar-refractivity contribution is 7.71. The predicted molar refractivity (Wildman–Crippen MR) is 75.3 cm³/mol. The van der Waals surface area contributed by atoms with Crippen LogP contribution in [0.25, 0.3) is 11.2 Å². The van der Waals surface area contributed by atoms with Gasteiger partial charge in [-0.05, 0) is 37.2 Å². The summed E-state index contributed by atoms with van der Waals surface area (Å²) >= 11 is 5.30. The van der Waals surface area contributed by atoms with Gasteiger partial charge in [0.05, 0.1) is 5.52 Å². The highest BCUT2D eigenvalue weighted by Gasteiger charge is 2.04. The molecule has 4 nitrogen and oxygen atoms in total. The molecule has 0 unspecified atom stereocenters. The number of pyridine rings is 1. The molecular weight excluding hydrogens is 246 g/mol. The molecule has 0 fully saturated rings. The first kappa shape index (κ1) is 13.2. The summed E-state index contributed by atoms with van der Waals surface area (Å²) in [6, 6.07) is 3.90. The van der Waals surface area contributed by atoms with Gasteiger partial charge in [-0.25, -0.2) is 4.98 Å². The summed E-state index contributed by atoms with van der Waals surface area (Å²) in [4.78, 5) is 7.52. The highest BCUT2D eigenvalue weighted by atomic mass is 32.1. The summed E-state index contributed by atoms with van der Waals surface area (Å²) in [5, 5.41) is 0. The van der Waals surface area contributed by atoms with Gasteiger partial charge in [-0.2, -0.15) is 0 Å². The van der Waals surface area contributed by atoms with Gasteiger partial charge in [0.2, 0.25) is 0 Å². The average molecular weight is 265 g/mol. The number of aryl methyl sites for hydroxylation is 1. The van der Waals surface area contributed by atoms with E-state index in [4.69, 9.17) is 17.0 Å². The van der Waals surface area contributed by atoms with E-state index in [9.17, 15) is 0 Å². The fraction of sp³-hybridized carbons (Fsp3) is 0.538. The van der Waals surface area contributed by atoms with E-state index in [0.717, 1.165) is 48.5 Å². The smallest absolute Gasteiger partial charge is 0.179 e. The van der Waals surface area contributed by atoms with Gasteiger partial charge in [-0.1, -0.05) is 13.3 Å². The van der Waals surface area contributed by atoms with Crippen LogP contribution in [0.5, 0.6) is 0 Å². The highest BCUT2D eigenvalue weighted by Crippen LogP contribution is 2.11. The molecule has 18 heavy (non-hydrogen) atoms. The first-order valence-electron chi connectivity index (χ1n) is 6.44. The third-order valence-corrected chi connectivity index (χ3v) is 3.16. The largest absolute Gasteiger partial charge is 0.381 e. The van der Waals surface area contributed by atoms with Crippen molar-refractivity contribution in [2.45, 2.75) is 32.7 Å². The molecule has 0 spiro atoms. The normalized spacial score (nSPS) is 11.2. The summed E-state index contributed by atoms with van der Waals surface area (Å²) in [6.45, 7) is 4.65. The number of rotatable bonds is 7. The lowest BCUT2D eigenvalue weighted by molar-refractivity contribution is 0.126. The van der Waals surface area contributed by atoms with Crippen LogP contribution in [0, 0.1) is 4.77 Å². The topological polar surface area (TPSA) is 42.8 Å². The Morgan fingerprint density at radius 3 is 3.06 bits per heavy atom. The van der Waals surface area contributed by atoms with Gasteiger partial charge in [-0.15, -0.1) is 0 Å². The van der Waals surface area contributed by atoms with Gasteiger partial charge in [-0.3, -0.25) is 0 Å². The SMILES string of the molecule is CCCCOCCCn1c(=S)[nH]c2cccnc21. The molecule has 2 rings (SSSR count). The molecular formula is C13H19N3OS. The molecule has 0 aliphatic heterocycles. The second-order valence-electron chi connectivity index (χ2n) is 4.28. The number of nitrogens with zero attached hydrogens (tertiary/aromatic N) is 2. The molecule has 2 heterocycles. The fourth-order valence-corrected chi connectivity index (χ4v) is 2.16. The van der Waals surface area contributed by atoms with Crippen LogP contribution in [0.4, 0.5) is 0 Å². The van der Waals surface area contributed by atoms with Crippen LogP contribution < -0.4 is 0 Å². The summed E-state index contributed by atoms with van der Waals surface area (Å²) in [5.74, 6) is 0. The molecule has 0 saturated heterocycles. The Morgan fingerprint density at radius 1 is 1.39 bits per heavy atom. The molecule has 0 radical (unpaired) electrons. The molecule has 0 aliphatic carbocycles. The van der Waals surface area contributed by atoms with Crippen molar-refractivity contribution in [1.82, 2.24) is 14.5 Å². The van der Waals surface area contributed by atoms with Gasteiger partial charge in [0, 0.05) is 26.0 Å². The molecule has 5 heteroatoms. The van der Waals surface area contributed by atoms with Crippen molar-refractivity contribution in [3.05, 3.63) is 23.1 Å². The predicted octanol–water partition coefficient (Wildman–Crippen LogP) is 3.30. The minimum atomic E-state index is 0.734. The van der Waals surface area contributed by atoms with Gasteiger partial charge in [0.1, 0.15) is 0 Å². The van der Waals surface area contributed by atoms with E-state index in [2.05, 4.69) is 16.9 Å². The molecule has 0 bridgehead atoms. The zero-order valence-corrected chi connectivity index (χ0v) is 11.5. The minimum absolute atomic E-state index is 0.734. The second-order valence-corrected chi connectivity index (χ2v) is 4.66. The van der Waals surface area contributed by atoms with Crippen LogP contribution in [0.1, 0.15) is 26.2 Å². The number of hydrogen-bond acceptors (Lipinski definition) is 3. The number of aromatic amines is 1.